The normalized spacial score (nSPS) is 11.0. The third-order valence-electron chi connectivity index (χ3n) is 5.43. The van der Waals surface area contributed by atoms with Crippen molar-refractivity contribution in [3.05, 3.63) is 0 Å². The van der Waals surface area contributed by atoms with Gasteiger partial charge >= 0.3 is 0 Å². The zero-order chi connectivity index (χ0) is 19.8. The number of amides is 1. The molecular weight excluding hydrogens is 332 g/mol. The van der Waals surface area contributed by atoms with Gasteiger partial charge in [0.15, 0.2) is 0 Å². The average Bonchev–Trinajstić information content (AvgIpc) is 2.67. The number of carbonyl (C=O) groups excluding carboxylic acids is 1. The number of nitrogens with one attached hydrogen (secondary N) is 2. The van der Waals surface area contributed by atoms with Crippen LogP contribution in [0.2, 0.25) is 0 Å². The first-order valence-corrected chi connectivity index (χ1v) is 12.2. The Hall–Kier alpha value is -0.570. The Morgan fingerprint density at radius 2 is 0.963 bits per heavy atom. The maximum absolute atomic E-state index is 11.6. The van der Waals surface area contributed by atoms with E-state index < -0.39 is 0 Å². The molecule has 0 heterocycles. The van der Waals surface area contributed by atoms with Gasteiger partial charge in [0.25, 0.3) is 0 Å². The summed E-state index contributed by atoms with van der Waals surface area (Å²) in [5.41, 5.74) is 0. The molecule has 162 valence electrons. The summed E-state index contributed by atoms with van der Waals surface area (Å²) < 4.78 is 0. The molecule has 3 nitrogen and oxygen atoms in total. The Bertz CT molecular complexity index is 294. The molecule has 0 atom stereocenters. The third kappa shape index (κ3) is 23.4. The van der Waals surface area contributed by atoms with Crippen molar-refractivity contribution >= 4 is 5.91 Å². The largest absolute Gasteiger partial charge is 0.356 e. The standard InChI is InChI=1S/C24H50N2O/c1-3-4-5-6-7-8-9-10-11-12-13-14-15-16-17-18-19-21-24(27)26-23-20-22-25-2/h25H,3-23H2,1-2H3,(H,26,27). The van der Waals surface area contributed by atoms with Crippen LogP contribution in [-0.2, 0) is 4.79 Å². The fraction of sp³-hybridized carbons (Fsp3) is 0.958. The number of unbranched alkanes of at least 4 members (excludes halogenated alkanes) is 16. The second-order valence-corrected chi connectivity index (χ2v) is 8.21. The van der Waals surface area contributed by atoms with Crippen molar-refractivity contribution in [2.45, 2.75) is 129 Å². The minimum atomic E-state index is 0.229. The van der Waals surface area contributed by atoms with Crippen LogP contribution in [0.1, 0.15) is 129 Å². The van der Waals surface area contributed by atoms with Gasteiger partial charge in [0, 0.05) is 13.0 Å². The van der Waals surface area contributed by atoms with Crippen LogP contribution in [0.3, 0.4) is 0 Å². The van der Waals surface area contributed by atoms with Crippen molar-refractivity contribution in [1.29, 1.82) is 0 Å². The van der Waals surface area contributed by atoms with E-state index in [2.05, 4.69) is 17.6 Å². The van der Waals surface area contributed by atoms with E-state index in [1.807, 2.05) is 7.05 Å². The van der Waals surface area contributed by atoms with Crippen molar-refractivity contribution in [2.75, 3.05) is 20.1 Å². The molecule has 0 aliphatic rings. The van der Waals surface area contributed by atoms with E-state index in [-0.39, 0.29) is 5.91 Å². The highest BCUT2D eigenvalue weighted by atomic mass is 16.1. The lowest BCUT2D eigenvalue weighted by Crippen LogP contribution is -2.26. The number of rotatable bonds is 22. The van der Waals surface area contributed by atoms with E-state index >= 15 is 0 Å². The molecule has 0 spiro atoms. The Kier molecular flexibility index (Phi) is 23.0. The number of hydrogen-bond donors (Lipinski definition) is 2. The van der Waals surface area contributed by atoms with E-state index in [4.69, 9.17) is 0 Å². The molecule has 1 amide bonds. The Morgan fingerprint density at radius 1 is 0.556 bits per heavy atom. The van der Waals surface area contributed by atoms with Crippen LogP contribution in [-0.4, -0.2) is 26.0 Å². The molecule has 2 N–H and O–H groups in total. The summed E-state index contributed by atoms with van der Waals surface area (Å²) in [7, 11) is 1.94. The molecule has 0 aromatic rings. The van der Waals surface area contributed by atoms with Gasteiger partial charge in [-0.2, -0.15) is 0 Å². The van der Waals surface area contributed by atoms with Crippen molar-refractivity contribution in [3.63, 3.8) is 0 Å². The van der Waals surface area contributed by atoms with E-state index in [0.717, 1.165) is 25.9 Å². The molecule has 27 heavy (non-hydrogen) atoms. The lowest BCUT2D eigenvalue weighted by atomic mass is 10.0. The quantitative estimate of drug-likeness (QED) is 0.203. The SMILES string of the molecule is CCCCCCCCCCCCCCCCCCCC(=O)NCCCNC. The summed E-state index contributed by atoms with van der Waals surface area (Å²) in [6, 6.07) is 0. The van der Waals surface area contributed by atoms with Gasteiger partial charge in [-0.1, -0.05) is 110 Å². The van der Waals surface area contributed by atoms with Gasteiger partial charge in [-0.05, 0) is 26.4 Å². The molecule has 0 bridgehead atoms. The first-order valence-electron chi connectivity index (χ1n) is 12.2. The Morgan fingerprint density at radius 3 is 1.37 bits per heavy atom. The molecular formula is C24H50N2O. The van der Waals surface area contributed by atoms with Gasteiger partial charge < -0.3 is 10.6 Å². The molecule has 0 radical (unpaired) electrons. The fourth-order valence-electron chi connectivity index (χ4n) is 3.59. The van der Waals surface area contributed by atoms with E-state index in [1.54, 1.807) is 0 Å². The number of hydrogen-bond acceptors (Lipinski definition) is 2. The zero-order valence-electron chi connectivity index (χ0n) is 18.8. The summed E-state index contributed by atoms with van der Waals surface area (Å²) in [5.74, 6) is 0.229. The van der Waals surface area contributed by atoms with Crippen molar-refractivity contribution in [3.8, 4) is 0 Å². The highest BCUT2D eigenvalue weighted by Gasteiger charge is 2.00. The van der Waals surface area contributed by atoms with Gasteiger partial charge in [0.2, 0.25) is 5.91 Å². The molecule has 0 unspecified atom stereocenters. The lowest BCUT2D eigenvalue weighted by molar-refractivity contribution is -0.121. The van der Waals surface area contributed by atoms with Gasteiger partial charge in [-0.25, -0.2) is 0 Å². The van der Waals surface area contributed by atoms with Crippen LogP contribution < -0.4 is 10.6 Å². The van der Waals surface area contributed by atoms with Crippen LogP contribution >= 0.6 is 0 Å². The van der Waals surface area contributed by atoms with Gasteiger partial charge in [-0.15, -0.1) is 0 Å². The minimum Gasteiger partial charge on any atom is -0.356 e. The summed E-state index contributed by atoms with van der Waals surface area (Å²) in [5, 5.41) is 6.09. The summed E-state index contributed by atoms with van der Waals surface area (Å²) in [4.78, 5) is 11.6. The molecule has 0 aromatic heterocycles. The van der Waals surface area contributed by atoms with Gasteiger partial charge in [-0.3, -0.25) is 4.79 Å². The van der Waals surface area contributed by atoms with Crippen LogP contribution in [0.4, 0.5) is 0 Å². The van der Waals surface area contributed by atoms with Crippen molar-refractivity contribution in [2.24, 2.45) is 0 Å². The lowest BCUT2D eigenvalue weighted by Gasteiger charge is -2.05. The van der Waals surface area contributed by atoms with Crippen LogP contribution in [0.15, 0.2) is 0 Å². The molecule has 0 aliphatic heterocycles. The maximum Gasteiger partial charge on any atom is 0.219 e. The summed E-state index contributed by atoms with van der Waals surface area (Å²) in [6.45, 7) is 4.06. The number of carbonyl (C=O) groups is 1. The highest BCUT2D eigenvalue weighted by molar-refractivity contribution is 5.75. The van der Waals surface area contributed by atoms with Crippen molar-refractivity contribution in [1.82, 2.24) is 10.6 Å². The summed E-state index contributed by atoms with van der Waals surface area (Å²) >= 11 is 0. The first kappa shape index (κ1) is 26.4. The molecule has 0 fully saturated rings. The topological polar surface area (TPSA) is 41.1 Å². The monoisotopic (exact) mass is 382 g/mol. The molecule has 0 aliphatic carbocycles. The maximum atomic E-state index is 11.6. The average molecular weight is 383 g/mol. The van der Waals surface area contributed by atoms with E-state index in [9.17, 15) is 4.79 Å². The predicted octanol–water partition coefficient (Wildman–Crippen LogP) is 6.75. The van der Waals surface area contributed by atoms with Gasteiger partial charge in [0.1, 0.15) is 0 Å². The summed E-state index contributed by atoms with van der Waals surface area (Å²) in [6.07, 6.45) is 25.2. The molecule has 0 rings (SSSR count). The second-order valence-electron chi connectivity index (χ2n) is 8.21. The van der Waals surface area contributed by atoms with Crippen LogP contribution in [0.25, 0.3) is 0 Å². The van der Waals surface area contributed by atoms with E-state index in [1.165, 1.54) is 103 Å². The Balaban J connectivity index is 3.07. The molecule has 0 saturated carbocycles. The van der Waals surface area contributed by atoms with Crippen LogP contribution in [0, 0.1) is 0 Å². The van der Waals surface area contributed by atoms with Gasteiger partial charge in [0.05, 0.1) is 0 Å². The third-order valence-corrected chi connectivity index (χ3v) is 5.43. The minimum absolute atomic E-state index is 0.229. The smallest absolute Gasteiger partial charge is 0.219 e. The van der Waals surface area contributed by atoms with Crippen LogP contribution in [0.5, 0.6) is 0 Å². The fourth-order valence-corrected chi connectivity index (χ4v) is 3.59. The predicted molar refractivity (Wildman–Crippen MR) is 120 cm³/mol. The molecule has 3 heteroatoms. The van der Waals surface area contributed by atoms with Crippen molar-refractivity contribution < 1.29 is 4.79 Å². The second kappa shape index (κ2) is 23.5. The first-order chi connectivity index (χ1) is 13.3. The zero-order valence-corrected chi connectivity index (χ0v) is 18.8. The van der Waals surface area contributed by atoms with E-state index in [0.29, 0.717) is 6.42 Å². The Labute approximate surface area is 170 Å². The molecule has 0 saturated heterocycles. The highest BCUT2D eigenvalue weighted by Crippen LogP contribution is 2.14. The molecule has 0 aromatic carbocycles.